The summed E-state index contributed by atoms with van der Waals surface area (Å²) in [6.07, 6.45) is 12.9. The van der Waals surface area contributed by atoms with Crippen molar-refractivity contribution in [2.24, 2.45) is 0 Å². The Kier molecular flexibility index (Phi) is 10.2. The molecule has 2 aliphatic heterocycles. The van der Waals surface area contributed by atoms with Gasteiger partial charge in [-0.05, 0) is 143 Å². The van der Waals surface area contributed by atoms with E-state index in [0.29, 0.717) is 11.8 Å². The third-order valence-corrected chi connectivity index (χ3v) is 17.0. The van der Waals surface area contributed by atoms with E-state index in [1.807, 2.05) is 0 Å². The first-order valence-electron chi connectivity index (χ1n) is 26.3. The number of anilines is 3. The molecule has 0 amide bonds. The van der Waals surface area contributed by atoms with Crippen LogP contribution in [0, 0.1) is 0 Å². The van der Waals surface area contributed by atoms with Crippen molar-refractivity contribution in [3.63, 3.8) is 0 Å². The van der Waals surface area contributed by atoms with Crippen LogP contribution in [0.2, 0.25) is 0 Å². The molecule has 5 aliphatic rings. The second-order valence-corrected chi connectivity index (χ2v) is 20.7. The summed E-state index contributed by atoms with van der Waals surface area (Å²) >= 11 is 0. The Morgan fingerprint density at radius 1 is 0.310 bits per heavy atom. The number of rotatable bonds is 7. The average molecular weight is 920 g/mol. The van der Waals surface area contributed by atoms with Crippen LogP contribution in [-0.2, 0) is 10.8 Å². The highest BCUT2D eigenvalue weighted by atomic mass is 16.5. The minimum atomic E-state index is -0.661. The molecule has 346 valence electrons. The second kappa shape index (κ2) is 17.1. The molecule has 0 bridgehead atoms. The lowest BCUT2D eigenvalue weighted by Gasteiger charge is -2.42. The van der Waals surface area contributed by atoms with Gasteiger partial charge in [-0.2, -0.15) is 0 Å². The van der Waals surface area contributed by atoms with Crippen molar-refractivity contribution in [1.82, 2.24) is 0 Å². The van der Waals surface area contributed by atoms with E-state index in [-0.39, 0.29) is 0 Å². The molecule has 14 rings (SSSR count). The standard InChI is InChI=1S/C68H57NO2/c1-6-20-46(21-7-1)48-34-38-55-56-39-35-49(47-22-8-2-9-23-47)43-60(56)68(59(55)42-48)58-31-17-19-33-64(58)71-66-41-37-54(45-62(66)68)69(52-28-14-5-15-29-52)53-36-40-65-61(44-53)67(50-24-10-3-11-25-50,51-26-12-4-13-27-51)57-30-16-18-32-63(57)70-65/h3-5,10-19,24-47H,1-2,6-9,20-23H2. The van der Waals surface area contributed by atoms with Crippen molar-refractivity contribution < 1.29 is 9.47 Å². The summed E-state index contributed by atoms with van der Waals surface area (Å²) in [6, 6.07) is 79.4. The van der Waals surface area contributed by atoms with Crippen LogP contribution in [0.15, 0.2) is 212 Å². The van der Waals surface area contributed by atoms with Gasteiger partial charge in [0.1, 0.15) is 23.0 Å². The summed E-state index contributed by atoms with van der Waals surface area (Å²) in [7, 11) is 0. The SMILES string of the molecule is c1ccc(N(c2ccc3c(c2)C(c2ccccc2)(c2ccccc2)c2ccccc2O3)c2ccc3c(c2)C2(c4ccccc4O3)c3cc(C4CCCCC4)ccc3-c3ccc(C4CCCCC4)cc32)cc1. The fraction of sp³-hybridized carbons (Fsp3) is 0.206. The first kappa shape index (κ1) is 42.3. The Morgan fingerprint density at radius 3 is 1.21 bits per heavy atom. The summed E-state index contributed by atoms with van der Waals surface area (Å²) in [4.78, 5) is 2.45. The minimum Gasteiger partial charge on any atom is -0.457 e. The molecule has 0 atom stereocenters. The molecule has 9 aromatic carbocycles. The maximum Gasteiger partial charge on any atom is 0.132 e. The van der Waals surface area contributed by atoms with Crippen molar-refractivity contribution in [3.8, 4) is 34.1 Å². The molecule has 3 aliphatic carbocycles. The lowest BCUT2D eigenvalue weighted by molar-refractivity contribution is 0.433. The van der Waals surface area contributed by atoms with Crippen LogP contribution in [0.5, 0.6) is 23.0 Å². The number of nitrogens with zero attached hydrogens (tertiary/aromatic N) is 1. The van der Waals surface area contributed by atoms with Gasteiger partial charge >= 0.3 is 0 Å². The van der Waals surface area contributed by atoms with Gasteiger partial charge in [-0.15, -0.1) is 0 Å². The van der Waals surface area contributed by atoms with E-state index in [1.54, 1.807) is 0 Å². The number of hydrogen-bond donors (Lipinski definition) is 0. The van der Waals surface area contributed by atoms with Crippen LogP contribution in [-0.4, -0.2) is 0 Å². The lowest BCUT2D eigenvalue weighted by Crippen LogP contribution is -2.34. The second-order valence-electron chi connectivity index (χ2n) is 20.7. The third kappa shape index (κ3) is 6.55. The van der Waals surface area contributed by atoms with Gasteiger partial charge in [-0.1, -0.05) is 190 Å². The van der Waals surface area contributed by atoms with E-state index in [9.17, 15) is 0 Å². The molecular formula is C68H57NO2. The molecular weight excluding hydrogens is 863 g/mol. The molecule has 2 fully saturated rings. The first-order chi connectivity index (χ1) is 35.2. The molecule has 9 aromatic rings. The van der Waals surface area contributed by atoms with Gasteiger partial charge in [0.15, 0.2) is 0 Å². The van der Waals surface area contributed by atoms with Gasteiger partial charge < -0.3 is 14.4 Å². The zero-order valence-corrected chi connectivity index (χ0v) is 40.2. The Balaban J connectivity index is 1.02. The van der Waals surface area contributed by atoms with Crippen LogP contribution in [0.4, 0.5) is 17.1 Å². The van der Waals surface area contributed by atoms with Gasteiger partial charge in [0.05, 0.1) is 10.8 Å². The van der Waals surface area contributed by atoms with E-state index >= 15 is 0 Å². The van der Waals surface area contributed by atoms with E-state index in [2.05, 4.69) is 217 Å². The Morgan fingerprint density at radius 2 is 0.718 bits per heavy atom. The molecule has 0 N–H and O–H groups in total. The number of hydrogen-bond acceptors (Lipinski definition) is 3. The highest BCUT2D eigenvalue weighted by Crippen LogP contribution is 2.64. The van der Waals surface area contributed by atoms with Gasteiger partial charge in [0.25, 0.3) is 0 Å². The lowest BCUT2D eigenvalue weighted by atomic mass is 9.63. The van der Waals surface area contributed by atoms with Gasteiger partial charge in [0, 0.05) is 39.3 Å². The van der Waals surface area contributed by atoms with Crippen LogP contribution in [0.1, 0.15) is 132 Å². The molecule has 0 radical (unpaired) electrons. The van der Waals surface area contributed by atoms with Gasteiger partial charge in [-0.25, -0.2) is 0 Å². The first-order valence-corrected chi connectivity index (χ1v) is 26.3. The smallest absolute Gasteiger partial charge is 0.132 e. The van der Waals surface area contributed by atoms with E-state index in [0.717, 1.165) is 51.2 Å². The zero-order chi connectivity index (χ0) is 46.9. The Bertz CT molecular complexity index is 3350. The number of benzene rings is 9. The average Bonchev–Trinajstić information content (AvgIpc) is 3.73. The maximum absolute atomic E-state index is 7.13. The Hall–Kier alpha value is -7.62. The number of ether oxygens (including phenoxy) is 2. The molecule has 2 saturated carbocycles. The zero-order valence-electron chi connectivity index (χ0n) is 40.2. The predicted octanol–water partition coefficient (Wildman–Crippen LogP) is 18.2. The monoisotopic (exact) mass is 919 g/mol. The summed E-state index contributed by atoms with van der Waals surface area (Å²) in [6.45, 7) is 0. The van der Waals surface area contributed by atoms with Crippen molar-refractivity contribution in [2.75, 3.05) is 4.90 Å². The normalized spacial score (nSPS) is 17.1. The maximum atomic E-state index is 7.13. The fourth-order valence-corrected chi connectivity index (χ4v) is 13.8. The van der Waals surface area contributed by atoms with E-state index in [4.69, 9.17) is 9.47 Å². The molecule has 71 heavy (non-hydrogen) atoms. The molecule has 2 heterocycles. The molecule has 3 heteroatoms. The number of para-hydroxylation sites is 3. The summed E-state index contributed by atoms with van der Waals surface area (Å²) in [5.41, 5.74) is 17.4. The summed E-state index contributed by atoms with van der Waals surface area (Å²) < 4.78 is 14.1. The van der Waals surface area contributed by atoms with Crippen molar-refractivity contribution in [2.45, 2.75) is 86.9 Å². The minimum absolute atomic E-state index is 0.570. The van der Waals surface area contributed by atoms with E-state index < -0.39 is 10.8 Å². The molecule has 1 spiro atoms. The fourth-order valence-electron chi connectivity index (χ4n) is 13.8. The van der Waals surface area contributed by atoms with Crippen LogP contribution in [0.25, 0.3) is 11.1 Å². The quantitative estimate of drug-likeness (QED) is 0.159. The van der Waals surface area contributed by atoms with Crippen LogP contribution >= 0.6 is 0 Å². The molecule has 0 aromatic heterocycles. The highest BCUT2D eigenvalue weighted by molar-refractivity contribution is 5.90. The van der Waals surface area contributed by atoms with Gasteiger partial charge in [-0.3, -0.25) is 0 Å². The molecule has 0 unspecified atom stereocenters. The molecule has 3 nitrogen and oxygen atoms in total. The number of fused-ring (bicyclic) bond motifs is 11. The topological polar surface area (TPSA) is 21.7 Å². The van der Waals surface area contributed by atoms with Crippen molar-refractivity contribution in [3.05, 3.63) is 268 Å². The van der Waals surface area contributed by atoms with Crippen LogP contribution < -0.4 is 14.4 Å². The molecule has 0 saturated heterocycles. The van der Waals surface area contributed by atoms with Crippen molar-refractivity contribution in [1.29, 1.82) is 0 Å². The van der Waals surface area contributed by atoms with E-state index in [1.165, 1.54) is 120 Å². The van der Waals surface area contributed by atoms with Crippen molar-refractivity contribution >= 4 is 17.1 Å². The largest absolute Gasteiger partial charge is 0.457 e. The Labute approximate surface area is 418 Å². The summed E-state index contributed by atoms with van der Waals surface area (Å²) in [5.74, 6) is 4.71. The predicted molar refractivity (Wildman–Crippen MR) is 289 cm³/mol. The van der Waals surface area contributed by atoms with Crippen LogP contribution in [0.3, 0.4) is 0 Å². The third-order valence-electron chi connectivity index (χ3n) is 17.0. The highest BCUT2D eigenvalue weighted by Gasteiger charge is 2.52. The van der Waals surface area contributed by atoms with Gasteiger partial charge in [0.2, 0.25) is 0 Å². The summed E-state index contributed by atoms with van der Waals surface area (Å²) in [5, 5.41) is 0.